The van der Waals surface area contributed by atoms with E-state index in [1.807, 2.05) is 24.3 Å². The Morgan fingerprint density at radius 2 is 1.76 bits per heavy atom. The molecule has 7 rings (SSSR count). The summed E-state index contributed by atoms with van der Waals surface area (Å²) in [4.78, 5) is 44.2. The molecule has 0 spiro atoms. The van der Waals surface area contributed by atoms with Gasteiger partial charge in [0.15, 0.2) is 0 Å². The molecule has 1 aliphatic carbocycles. The minimum Gasteiger partial charge on any atom is -0.455 e. The number of hydrogen-bond acceptors (Lipinski definition) is 10. The lowest BCUT2D eigenvalue weighted by Crippen LogP contribution is -2.47. The monoisotopic (exact) mass is 904 g/mol. The van der Waals surface area contributed by atoms with Gasteiger partial charge in [-0.1, -0.05) is 57.0 Å². The lowest BCUT2D eigenvalue weighted by atomic mass is 9.72. The highest BCUT2D eigenvalue weighted by molar-refractivity contribution is 7.90. The summed E-state index contributed by atoms with van der Waals surface area (Å²) in [5, 5.41) is 4.73. The molecule has 5 aromatic rings. The third-order valence-corrected chi connectivity index (χ3v) is 13.5. The van der Waals surface area contributed by atoms with E-state index < -0.39 is 29.2 Å². The predicted octanol–water partition coefficient (Wildman–Crippen LogP) is 8.77. The average molecular weight is 905 g/mol. The predicted molar refractivity (Wildman–Crippen MR) is 243 cm³/mol. The van der Waals surface area contributed by atoms with Crippen LogP contribution in [-0.2, 0) is 19.1 Å². The quantitative estimate of drug-likeness (QED) is 0.0630. The number of aromatic nitrogens is 2. The number of nitrogens with one attached hydrogen (secondary N) is 3. The number of H-pyrrole nitrogens is 1. The number of nitrogens with zero attached hydrogens (tertiary/aromatic N) is 3. The van der Waals surface area contributed by atoms with Crippen molar-refractivity contribution in [2.75, 3.05) is 56.1 Å². The SMILES string of the molecule is Cc1cc(S(=O)(=O)NC(=O)c2ccc(N3CCN(CC4=C(c5ccc(Cl)cc5)CC(C)(C)CC4)CC3)cc2Oc2cnc3[nH]ccc3c2)ccc1NCC(C)(C)COP(=O)(O)O. The van der Waals surface area contributed by atoms with Crippen LogP contribution in [0.3, 0.4) is 0 Å². The van der Waals surface area contributed by atoms with E-state index in [-0.39, 0.29) is 34.8 Å². The Labute approximate surface area is 368 Å². The molecule has 0 bridgehead atoms. The normalized spacial score (nSPS) is 16.4. The van der Waals surface area contributed by atoms with Crippen molar-refractivity contribution in [2.24, 2.45) is 10.8 Å². The number of phosphoric ester groups is 1. The smallest absolute Gasteiger partial charge is 0.455 e. The van der Waals surface area contributed by atoms with Gasteiger partial charge < -0.3 is 29.7 Å². The van der Waals surface area contributed by atoms with Crippen molar-refractivity contribution in [3.8, 4) is 11.5 Å². The van der Waals surface area contributed by atoms with Gasteiger partial charge in [-0.05, 0) is 103 Å². The summed E-state index contributed by atoms with van der Waals surface area (Å²) in [5.41, 5.74) is 6.43. The maximum Gasteiger partial charge on any atom is 0.469 e. The number of allylic oxidation sites excluding steroid dienone is 1. The molecule has 1 aliphatic heterocycles. The first-order valence-electron chi connectivity index (χ1n) is 20.5. The number of ether oxygens (including phenoxy) is 1. The van der Waals surface area contributed by atoms with E-state index in [1.54, 1.807) is 57.4 Å². The van der Waals surface area contributed by atoms with E-state index in [1.165, 1.54) is 28.8 Å². The molecule has 2 aliphatic rings. The number of anilines is 2. The highest BCUT2D eigenvalue weighted by Crippen LogP contribution is 2.44. The van der Waals surface area contributed by atoms with Gasteiger partial charge in [-0.3, -0.25) is 14.2 Å². The molecule has 3 aromatic carbocycles. The molecule has 0 saturated carbocycles. The van der Waals surface area contributed by atoms with Crippen LogP contribution in [0.1, 0.15) is 68.4 Å². The van der Waals surface area contributed by atoms with E-state index in [9.17, 15) is 17.8 Å². The minimum atomic E-state index is -4.63. The first-order chi connectivity index (χ1) is 29.2. The molecule has 0 unspecified atom stereocenters. The summed E-state index contributed by atoms with van der Waals surface area (Å²) in [6, 6.07) is 21.4. The second-order valence-electron chi connectivity index (χ2n) is 17.8. The van der Waals surface area contributed by atoms with Crippen molar-refractivity contribution in [2.45, 2.75) is 58.8 Å². The topological polar surface area (TPSA) is 186 Å². The standard InChI is InChI=1S/C45H54ClN6O8PS/c1-30-22-37(11-13-40(30)49-28-45(4,5)29-59-61(54,55)56)62(57,58)50-43(53)38-12-10-35(24-41(38)60-36-23-32-15-17-47-42(32)48-26-36)52-20-18-51(19-21-52)27-33-14-16-44(2,3)25-39(33)31-6-8-34(46)9-7-31/h6-13,15,17,22-24,26,49H,14,16,18-21,25,27-29H2,1-5H3,(H,47,48)(H,50,53)(H2,54,55,56). The molecule has 14 nitrogen and oxygen atoms in total. The zero-order valence-corrected chi connectivity index (χ0v) is 38.0. The van der Waals surface area contributed by atoms with Crippen LogP contribution in [0.4, 0.5) is 11.4 Å². The number of carbonyl (C=O) groups excluding carboxylic acids is 1. The van der Waals surface area contributed by atoms with Gasteiger partial charge in [0.05, 0.1) is 23.3 Å². The fourth-order valence-electron chi connectivity index (χ4n) is 7.86. The van der Waals surface area contributed by atoms with Crippen molar-refractivity contribution < 1.29 is 36.8 Å². The molecular weight excluding hydrogens is 851 g/mol. The largest absolute Gasteiger partial charge is 0.469 e. The third kappa shape index (κ3) is 11.4. The first kappa shape index (κ1) is 45.3. The zero-order valence-electron chi connectivity index (χ0n) is 35.6. The Balaban J connectivity index is 1.07. The summed E-state index contributed by atoms with van der Waals surface area (Å²) < 4.78 is 51.8. The molecule has 1 saturated heterocycles. The first-order valence-corrected chi connectivity index (χ1v) is 23.9. The second kappa shape index (κ2) is 18.2. The number of pyridine rings is 1. The van der Waals surface area contributed by atoms with Crippen LogP contribution in [0.2, 0.25) is 5.02 Å². The van der Waals surface area contributed by atoms with E-state index >= 15 is 0 Å². The summed E-state index contributed by atoms with van der Waals surface area (Å²) in [6.45, 7) is 14.1. The summed E-state index contributed by atoms with van der Waals surface area (Å²) in [5.74, 6) is -0.302. The fourth-order valence-corrected chi connectivity index (χ4v) is 9.56. The highest BCUT2D eigenvalue weighted by Gasteiger charge is 2.30. The van der Waals surface area contributed by atoms with Crippen molar-refractivity contribution >= 4 is 63.3 Å². The van der Waals surface area contributed by atoms with Gasteiger partial charge >= 0.3 is 7.82 Å². The van der Waals surface area contributed by atoms with Gasteiger partial charge in [-0.15, -0.1) is 0 Å². The van der Waals surface area contributed by atoms with E-state index in [4.69, 9.17) is 26.1 Å². The number of phosphoric acid groups is 1. The molecule has 1 amide bonds. The van der Waals surface area contributed by atoms with Gasteiger partial charge in [0.25, 0.3) is 15.9 Å². The number of piperazine rings is 1. The van der Waals surface area contributed by atoms with Crippen LogP contribution >= 0.6 is 19.4 Å². The van der Waals surface area contributed by atoms with Crippen LogP contribution in [0.25, 0.3) is 16.6 Å². The van der Waals surface area contributed by atoms with Crippen LogP contribution in [0.15, 0.2) is 95.7 Å². The maximum atomic E-state index is 13.9. The molecule has 5 N–H and O–H groups in total. The number of sulfonamides is 1. The molecule has 2 aromatic heterocycles. The summed E-state index contributed by atoms with van der Waals surface area (Å²) in [6.07, 6.45) is 6.53. The zero-order chi connectivity index (χ0) is 44.5. The number of rotatable bonds is 15. The van der Waals surface area contributed by atoms with E-state index in [0.717, 1.165) is 68.1 Å². The summed E-state index contributed by atoms with van der Waals surface area (Å²) >= 11 is 6.24. The molecule has 0 atom stereocenters. The van der Waals surface area contributed by atoms with Gasteiger partial charge in [0.1, 0.15) is 17.1 Å². The Hall–Kier alpha value is -4.73. The molecule has 62 heavy (non-hydrogen) atoms. The van der Waals surface area contributed by atoms with Crippen LogP contribution < -0.4 is 19.7 Å². The van der Waals surface area contributed by atoms with E-state index in [2.05, 4.69) is 60.3 Å². The Morgan fingerprint density at radius 3 is 2.47 bits per heavy atom. The summed E-state index contributed by atoms with van der Waals surface area (Å²) in [7, 11) is -8.97. The molecule has 1 fully saturated rings. The van der Waals surface area contributed by atoms with Crippen LogP contribution in [0, 0.1) is 17.8 Å². The number of hydrogen-bond donors (Lipinski definition) is 5. The van der Waals surface area contributed by atoms with Crippen LogP contribution in [-0.4, -0.2) is 84.9 Å². The molecule has 3 heterocycles. The van der Waals surface area contributed by atoms with E-state index in [0.29, 0.717) is 22.6 Å². The number of fused-ring (bicyclic) bond motifs is 1. The van der Waals surface area contributed by atoms with Gasteiger partial charge in [0, 0.05) is 78.7 Å². The fraction of sp³-hybridized carbons (Fsp3) is 0.378. The number of halogens is 1. The van der Waals surface area contributed by atoms with Crippen LogP contribution in [0.5, 0.6) is 11.5 Å². The van der Waals surface area contributed by atoms with Gasteiger partial charge in [-0.25, -0.2) is 22.7 Å². The Morgan fingerprint density at radius 1 is 1.02 bits per heavy atom. The Bertz CT molecular complexity index is 2640. The van der Waals surface area contributed by atoms with Gasteiger partial charge in [-0.2, -0.15) is 0 Å². The van der Waals surface area contributed by atoms with Crippen molar-refractivity contribution in [1.29, 1.82) is 0 Å². The van der Waals surface area contributed by atoms with Crippen molar-refractivity contribution in [3.05, 3.63) is 112 Å². The third-order valence-electron chi connectivity index (χ3n) is 11.5. The lowest BCUT2D eigenvalue weighted by molar-refractivity contribution is 0.0979. The van der Waals surface area contributed by atoms with Gasteiger partial charge in [0.2, 0.25) is 0 Å². The number of amides is 1. The maximum absolute atomic E-state index is 13.9. The molecular formula is C45H54ClN6O8PS. The number of aryl methyl sites for hydroxylation is 1. The number of benzene rings is 3. The highest BCUT2D eigenvalue weighted by atomic mass is 35.5. The average Bonchev–Trinajstić information content (AvgIpc) is 3.69. The molecule has 0 radical (unpaired) electrons. The van der Waals surface area contributed by atoms with Crippen molar-refractivity contribution in [3.63, 3.8) is 0 Å². The number of aromatic amines is 1. The van der Waals surface area contributed by atoms with Crippen molar-refractivity contribution in [1.82, 2.24) is 19.6 Å². The number of carbonyl (C=O) groups is 1. The second-order valence-corrected chi connectivity index (χ2v) is 21.1. The Kier molecular flexibility index (Phi) is 13.3. The molecule has 330 valence electrons. The molecule has 17 heteroatoms. The minimum absolute atomic E-state index is 0.0294. The lowest BCUT2D eigenvalue weighted by Gasteiger charge is -2.39.